The lowest BCUT2D eigenvalue weighted by Gasteiger charge is -1.86. The second kappa shape index (κ2) is 3.08. The summed E-state index contributed by atoms with van der Waals surface area (Å²) in [7, 11) is 0. The summed E-state index contributed by atoms with van der Waals surface area (Å²) in [5, 5.41) is 0. The summed E-state index contributed by atoms with van der Waals surface area (Å²) in [5.41, 5.74) is 0.750. The van der Waals surface area contributed by atoms with Crippen molar-refractivity contribution in [1.82, 2.24) is 0 Å². The van der Waals surface area contributed by atoms with Crippen LogP contribution in [0.25, 0.3) is 0 Å². The summed E-state index contributed by atoms with van der Waals surface area (Å²) in [6.07, 6.45) is 2.90. The Morgan fingerprint density at radius 3 is 1.62 bits per heavy atom. The zero-order chi connectivity index (χ0) is 6.62. The number of rotatable bonds is 0. The smallest absolute Gasteiger partial charge is 0.208 e. The van der Waals surface area contributed by atoms with Crippen LogP contribution in [0.5, 0.6) is 0 Å². The summed E-state index contributed by atoms with van der Waals surface area (Å²) in [6, 6.07) is 0. The molecule has 0 aliphatic heterocycles. The van der Waals surface area contributed by atoms with Gasteiger partial charge in [0.2, 0.25) is 5.75 Å². The van der Waals surface area contributed by atoms with Crippen LogP contribution in [0.1, 0.15) is 26.7 Å². The highest BCUT2D eigenvalue weighted by atomic mass is 35.5. The number of hydrogen-bond donors (Lipinski definition) is 0. The van der Waals surface area contributed by atoms with Crippen molar-refractivity contribution in [3.8, 4) is 0 Å². The van der Waals surface area contributed by atoms with Gasteiger partial charge in [-0.1, -0.05) is 13.8 Å². The van der Waals surface area contributed by atoms with E-state index in [1.165, 1.54) is 12.8 Å². The molecule has 0 amide bonds. The molecule has 0 aromatic heterocycles. The molecule has 48 valence electrons. The van der Waals surface area contributed by atoms with Crippen molar-refractivity contribution in [2.45, 2.75) is 26.7 Å². The van der Waals surface area contributed by atoms with Crippen LogP contribution >= 0.6 is 11.6 Å². The summed E-state index contributed by atoms with van der Waals surface area (Å²) in [5.74, 6) is 0.222. The van der Waals surface area contributed by atoms with E-state index in [0.29, 0.717) is 0 Å². The molecule has 1 aliphatic carbocycles. The Bertz CT molecular complexity index is 72.6. The van der Waals surface area contributed by atoms with Crippen LogP contribution in [0.4, 0.5) is 0 Å². The third-order valence-electron chi connectivity index (χ3n) is 1.25. The van der Waals surface area contributed by atoms with E-state index in [0.717, 1.165) is 5.41 Å². The topological polar surface area (TPSA) is 17.1 Å². The molecule has 0 radical (unpaired) electrons. The zero-order valence-electron chi connectivity index (χ0n) is 5.28. The Balaban J connectivity index is 0.000000145. The van der Waals surface area contributed by atoms with Crippen LogP contribution in [0.2, 0.25) is 0 Å². The van der Waals surface area contributed by atoms with Gasteiger partial charge in [-0.05, 0) is 29.9 Å². The minimum Gasteiger partial charge on any atom is -0.285 e. The van der Waals surface area contributed by atoms with E-state index in [2.05, 4.69) is 25.4 Å². The first-order valence-electron chi connectivity index (χ1n) is 2.66. The summed E-state index contributed by atoms with van der Waals surface area (Å²) in [4.78, 5) is 8.57. The summed E-state index contributed by atoms with van der Waals surface area (Å²) in [6.45, 7) is 4.60. The molecular formula is C6H11ClO. The van der Waals surface area contributed by atoms with Gasteiger partial charge in [0.25, 0.3) is 0 Å². The first kappa shape index (κ1) is 7.96. The maximum Gasteiger partial charge on any atom is 0.208 e. The lowest BCUT2D eigenvalue weighted by molar-refractivity contribution is 0.569. The minimum absolute atomic E-state index is 0.222. The Kier molecular flexibility index (Phi) is 3.06. The predicted octanol–water partition coefficient (Wildman–Crippen LogP) is 2.22. The second-order valence-electron chi connectivity index (χ2n) is 2.75. The molecule has 0 bridgehead atoms. The van der Waals surface area contributed by atoms with Crippen molar-refractivity contribution in [3.63, 3.8) is 0 Å². The number of hydrogen-bond acceptors (Lipinski definition) is 1. The molecule has 0 N–H and O–H groups in total. The van der Waals surface area contributed by atoms with Gasteiger partial charge in [0.15, 0.2) is 0 Å². The second-order valence-corrected chi connectivity index (χ2v) is 2.93. The average Bonchev–Trinajstić information content (AvgIpc) is 2.22. The third-order valence-corrected chi connectivity index (χ3v) is 1.25. The molecule has 0 heterocycles. The lowest BCUT2D eigenvalue weighted by atomic mass is 10.2. The summed E-state index contributed by atoms with van der Waals surface area (Å²) < 4.78 is 0. The molecule has 0 saturated heterocycles. The molecule has 1 nitrogen and oxygen atoms in total. The van der Waals surface area contributed by atoms with Gasteiger partial charge in [-0.3, -0.25) is 4.79 Å². The first-order valence-corrected chi connectivity index (χ1v) is 3.10. The molecule has 1 saturated carbocycles. The van der Waals surface area contributed by atoms with Crippen LogP contribution in [-0.4, -0.2) is 5.75 Å². The highest BCUT2D eigenvalue weighted by Gasteiger charge is 2.30. The van der Waals surface area contributed by atoms with Gasteiger partial charge in [0.1, 0.15) is 0 Å². The van der Waals surface area contributed by atoms with Gasteiger partial charge in [-0.25, -0.2) is 0 Å². The van der Waals surface area contributed by atoms with Crippen molar-refractivity contribution in [1.29, 1.82) is 0 Å². The van der Waals surface area contributed by atoms with E-state index in [-0.39, 0.29) is 5.75 Å². The van der Waals surface area contributed by atoms with Gasteiger partial charge in [0, 0.05) is 0 Å². The largest absolute Gasteiger partial charge is 0.285 e. The van der Waals surface area contributed by atoms with Gasteiger partial charge < -0.3 is 0 Å². The zero-order valence-corrected chi connectivity index (χ0v) is 6.03. The molecule has 2 heteroatoms. The van der Waals surface area contributed by atoms with E-state index in [1.54, 1.807) is 0 Å². The maximum atomic E-state index is 8.57. The van der Waals surface area contributed by atoms with Crippen molar-refractivity contribution < 1.29 is 4.79 Å². The van der Waals surface area contributed by atoms with Gasteiger partial charge in [-0.2, -0.15) is 0 Å². The highest BCUT2D eigenvalue weighted by molar-refractivity contribution is 6.54. The van der Waals surface area contributed by atoms with Gasteiger partial charge in [0.05, 0.1) is 0 Å². The molecule has 0 aromatic carbocycles. The van der Waals surface area contributed by atoms with E-state index < -0.39 is 0 Å². The normalized spacial score (nSPS) is 20.4. The molecule has 0 unspecified atom stereocenters. The average molecular weight is 135 g/mol. The van der Waals surface area contributed by atoms with Crippen LogP contribution in [0, 0.1) is 5.41 Å². The molecule has 1 rings (SSSR count). The Hall–Kier alpha value is -0.0400. The molecular weight excluding hydrogens is 124 g/mol. The van der Waals surface area contributed by atoms with Crippen molar-refractivity contribution in [2.24, 2.45) is 5.41 Å². The fraction of sp³-hybridized carbons (Fsp3) is 0.833. The first-order chi connectivity index (χ1) is 3.62. The van der Waals surface area contributed by atoms with E-state index in [9.17, 15) is 0 Å². The fourth-order valence-corrected chi connectivity index (χ4v) is 0.250. The van der Waals surface area contributed by atoms with Crippen LogP contribution in [0.15, 0.2) is 0 Å². The quantitative estimate of drug-likeness (QED) is 0.367. The molecule has 8 heavy (non-hydrogen) atoms. The van der Waals surface area contributed by atoms with Crippen molar-refractivity contribution >= 4 is 17.3 Å². The Morgan fingerprint density at radius 1 is 1.50 bits per heavy atom. The highest BCUT2D eigenvalue weighted by Crippen LogP contribution is 2.43. The minimum atomic E-state index is 0.222. The van der Waals surface area contributed by atoms with Crippen LogP contribution in [0.3, 0.4) is 0 Å². The molecule has 1 fully saturated rings. The van der Waals surface area contributed by atoms with E-state index in [4.69, 9.17) is 4.79 Å². The third kappa shape index (κ3) is 5.96. The standard InChI is InChI=1S/C5H10.CHClO/c1-5(2)3-4-5;2-1-3/h3-4H2,1-2H3;1H. The van der Waals surface area contributed by atoms with E-state index >= 15 is 0 Å². The summed E-state index contributed by atoms with van der Waals surface area (Å²) >= 11 is 4.32. The predicted molar refractivity (Wildman–Crippen MR) is 35.6 cm³/mol. The van der Waals surface area contributed by atoms with Crippen molar-refractivity contribution in [3.05, 3.63) is 0 Å². The Labute approximate surface area is 55.0 Å². The molecule has 0 aromatic rings. The molecule has 0 atom stereocenters. The number of carbonyl (C=O) groups is 1. The molecule has 0 spiro atoms. The van der Waals surface area contributed by atoms with Gasteiger partial charge in [-0.15, -0.1) is 0 Å². The van der Waals surface area contributed by atoms with Gasteiger partial charge >= 0.3 is 0 Å². The monoisotopic (exact) mass is 134 g/mol. The van der Waals surface area contributed by atoms with Crippen LogP contribution < -0.4 is 0 Å². The number of carbonyl (C=O) groups excluding carboxylic acids is 1. The number of halogens is 1. The maximum absolute atomic E-state index is 8.57. The SMILES string of the molecule is CC1(C)CC1.O=CCl. The van der Waals surface area contributed by atoms with Crippen LogP contribution in [-0.2, 0) is 4.79 Å². The fourth-order valence-electron chi connectivity index (χ4n) is 0.250. The lowest BCUT2D eigenvalue weighted by Crippen LogP contribution is -1.75. The van der Waals surface area contributed by atoms with Crippen molar-refractivity contribution in [2.75, 3.05) is 0 Å². The van der Waals surface area contributed by atoms with E-state index in [1.807, 2.05) is 0 Å². The Morgan fingerprint density at radius 2 is 1.62 bits per heavy atom. The molecule has 1 aliphatic rings.